The lowest BCUT2D eigenvalue weighted by Crippen LogP contribution is -2.40. The number of nitrogens with two attached hydrogens (primary N) is 1. The number of nitrogens with zero attached hydrogens (tertiary/aromatic N) is 4. The van der Waals surface area contributed by atoms with E-state index in [1.165, 1.54) is 4.31 Å². The summed E-state index contributed by atoms with van der Waals surface area (Å²) in [5.74, 6) is -0.0464. The maximum atomic E-state index is 13.2. The summed E-state index contributed by atoms with van der Waals surface area (Å²) in [5.41, 5.74) is 10.3. The van der Waals surface area contributed by atoms with Gasteiger partial charge in [-0.25, -0.2) is 18.4 Å². The Bertz CT molecular complexity index is 1500. The molecule has 1 aliphatic rings. The monoisotopic (exact) mass is 460 g/mol. The van der Waals surface area contributed by atoms with Crippen LogP contribution in [0.15, 0.2) is 59.9 Å². The predicted octanol–water partition coefficient (Wildman–Crippen LogP) is 2.77. The number of nitrogens with one attached hydrogen (secondary N) is 1. The summed E-state index contributed by atoms with van der Waals surface area (Å²) >= 11 is 0. The average Bonchev–Trinajstić information content (AvgIpc) is 3.28. The summed E-state index contributed by atoms with van der Waals surface area (Å²) in [6.45, 7) is 1.23. The molecule has 0 amide bonds. The van der Waals surface area contributed by atoms with Crippen molar-refractivity contribution in [1.82, 2.24) is 19.3 Å². The van der Waals surface area contributed by atoms with Crippen LogP contribution in [0.3, 0.4) is 0 Å². The third-order valence-corrected chi connectivity index (χ3v) is 7.56. The van der Waals surface area contributed by atoms with Gasteiger partial charge in [-0.15, -0.1) is 0 Å². The summed E-state index contributed by atoms with van der Waals surface area (Å²) in [5, 5.41) is 10.1. The summed E-state index contributed by atoms with van der Waals surface area (Å²) in [7, 11) is -3.81. The van der Waals surface area contributed by atoms with Crippen LogP contribution in [0.4, 0.5) is 5.82 Å². The Morgan fingerprint density at radius 1 is 1.06 bits per heavy atom. The Kier molecular flexibility index (Phi) is 5.30. The molecule has 10 heteroatoms. The molecule has 1 saturated heterocycles. The smallest absolute Gasteiger partial charge is 0.246 e. The fourth-order valence-electron chi connectivity index (χ4n) is 3.90. The third-order valence-electron chi connectivity index (χ3n) is 5.64. The number of H-pyrrole nitrogens is 1. The lowest BCUT2D eigenvalue weighted by atomic mass is 10.0. The third kappa shape index (κ3) is 3.82. The molecule has 1 fully saturated rings. The van der Waals surface area contributed by atoms with Crippen molar-refractivity contribution in [3.8, 4) is 28.3 Å². The Labute approximate surface area is 190 Å². The normalized spacial score (nSPS) is 14.9. The molecule has 9 nitrogen and oxygen atoms in total. The van der Waals surface area contributed by atoms with E-state index in [4.69, 9.17) is 10.5 Å². The van der Waals surface area contributed by atoms with Crippen molar-refractivity contribution in [1.29, 1.82) is 5.26 Å². The van der Waals surface area contributed by atoms with Crippen molar-refractivity contribution in [3.05, 3.63) is 60.6 Å². The minimum absolute atomic E-state index is 0.0296. The zero-order valence-corrected chi connectivity index (χ0v) is 18.3. The van der Waals surface area contributed by atoms with Crippen molar-refractivity contribution in [2.45, 2.75) is 4.90 Å². The van der Waals surface area contributed by atoms with Gasteiger partial charge in [0.2, 0.25) is 10.0 Å². The highest BCUT2D eigenvalue weighted by Crippen LogP contribution is 2.33. The van der Waals surface area contributed by atoms with Gasteiger partial charge in [0.05, 0.1) is 24.8 Å². The van der Waals surface area contributed by atoms with E-state index in [1.807, 2.05) is 30.5 Å². The van der Waals surface area contributed by atoms with Gasteiger partial charge in [0.15, 0.2) is 0 Å². The number of aromatic nitrogens is 3. The lowest BCUT2D eigenvalue weighted by molar-refractivity contribution is 0.0730. The van der Waals surface area contributed by atoms with Gasteiger partial charge in [0.25, 0.3) is 0 Å². The molecule has 1 aliphatic heterocycles. The molecule has 3 N–H and O–H groups in total. The first-order chi connectivity index (χ1) is 16.0. The number of aromatic amines is 1. The number of sulfonamides is 1. The molecule has 4 aromatic rings. The minimum atomic E-state index is -3.81. The van der Waals surface area contributed by atoms with Gasteiger partial charge in [0, 0.05) is 53.8 Å². The Morgan fingerprint density at radius 3 is 2.61 bits per heavy atom. The largest absolute Gasteiger partial charge is 0.383 e. The Morgan fingerprint density at radius 2 is 1.82 bits per heavy atom. The summed E-state index contributed by atoms with van der Waals surface area (Å²) < 4.78 is 33.0. The first-order valence-corrected chi connectivity index (χ1v) is 11.7. The number of hydrogen-bond acceptors (Lipinski definition) is 7. The number of morpholine rings is 1. The number of rotatable bonds is 4. The lowest BCUT2D eigenvalue weighted by Gasteiger charge is -2.26. The highest BCUT2D eigenvalue weighted by atomic mass is 32.2. The van der Waals surface area contributed by atoms with Gasteiger partial charge in [-0.3, -0.25) is 0 Å². The molecule has 0 bridgehead atoms. The second kappa shape index (κ2) is 8.29. The molecule has 3 aromatic heterocycles. The predicted molar refractivity (Wildman–Crippen MR) is 123 cm³/mol. The van der Waals surface area contributed by atoms with E-state index in [1.54, 1.807) is 24.5 Å². The van der Waals surface area contributed by atoms with Crippen LogP contribution in [-0.4, -0.2) is 54.0 Å². The van der Waals surface area contributed by atoms with E-state index in [9.17, 15) is 13.7 Å². The van der Waals surface area contributed by atoms with Gasteiger partial charge in [-0.05, 0) is 29.8 Å². The second-order valence-corrected chi connectivity index (χ2v) is 9.55. The molecule has 0 aliphatic carbocycles. The summed E-state index contributed by atoms with van der Waals surface area (Å²) in [6, 6.07) is 12.9. The van der Waals surface area contributed by atoms with Crippen LogP contribution in [0.1, 0.15) is 5.56 Å². The van der Waals surface area contributed by atoms with Crippen LogP contribution in [0.2, 0.25) is 0 Å². The molecule has 166 valence electrons. The number of anilines is 1. The van der Waals surface area contributed by atoms with Crippen LogP contribution < -0.4 is 5.73 Å². The minimum Gasteiger partial charge on any atom is -0.383 e. The van der Waals surface area contributed by atoms with Crippen LogP contribution >= 0.6 is 0 Å². The first-order valence-electron chi connectivity index (χ1n) is 10.3. The standard InChI is InChI=1S/C23H20N6O3S/c24-11-15-2-1-3-16(8-15)20-14-28-23-19(20)9-17(13-27-23)18-10-21(22(25)26-12-18)33(30,31)29-4-6-32-7-5-29/h1-3,8-10,12-14H,4-7H2,(H2,25,26)(H,27,28). The number of pyridine rings is 2. The Hall–Kier alpha value is -3.78. The van der Waals surface area contributed by atoms with E-state index < -0.39 is 10.0 Å². The van der Waals surface area contributed by atoms with E-state index in [0.717, 1.165) is 16.5 Å². The van der Waals surface area contributed by atoms with Crippen LogP contribution in [0.5, 0.6) is 0 Å². The van der Waals surface area contributed by atoms with Gasteiger partial charge < -0.3 is 15.5 Å². The van der Waals surface area contributed by atoms with Crippen molar-refractivity contribution in [3.63, 3.8) is 0 Å². The maximum absolute atomic E-state index is 13.2. The SMILES string of the molecule is N#Cc1cccc(-c2c[nH]c3ncc(-c4cnc(N)c(S(=O)(=O)N5CCOCC5)c4)cc23)c1. The van der Waals surface area contributed by atoms with E-state index >= 15 is 0 Å². The number of nitriles is 1. The molecule has 0 unspecified atom stereocenters. The van der Waals surface area contributed by atoms with Crippen LogP contribution in [0, 0.1) is 11.3 Å². The molecule has 33 heavy (non-hydrogen) atoms. The van der Waals surface area contributed by atoms with Crippen molar-refractivity contribution in [2.24, 2.45) is 0 Å². The van der Waals surface area contributed by atoms with E-state index in [2.05, 4.69) is 21.0 Å². The summed E-state index contributed by atoms with van der Waals surface area (Å²) in [4.78, 5) is 11.8. The molecule has 0 saturated carbocycles. The molecular formula is C23H20N6O3S. The van der Waals surface area contributed by atoms with Crippen LogP contribution in [0.25, 0.3) is 33.3 Å². The highest BCUT2D eigenvalue weighted by Gasteiger charge is 2.29. The molecule has 0 radical (unpaired) electrons. The topological polar surface area (TPSA) is 138 Å². The van der Waals surface area contributed by atoms with Gasteiger partial charge in [-0.2, -0.15) is 9.57 Å². The number of benzene rings is 1. The van der Waals surface area contributed by atoms with Crippen molar-refractivity contribution in [2.75, 3.05) is 32.0 Å². The number of fused-ring (bicyclic) bond motifs is 1. The molecule has 5 rings (SSSR count). The Balaban J connectivity index is 1.59. The molecular weight excluding hydrogens is 440 g/mol. The fraction of sp³-hybridized carbons (Fsp3) is 0.174. The zero-order chi connectivity index (χ0) is 23.0. The molecule has 0 atom stereocenters. The van der Waals surface area contributed by atoms with Gasteiger partial charge in [-0.1, -0.05) is 12.1 Å². The number of hydrogen-bond donors (Lipinski definition) is 2. The summed E-state index contributed by atoms with van der Waals surface area (Å²) in [6.07, 6.45) is 5.04. The highest BCUT2D eigenvalue weighted by molar-refractivity contribution is 7.89. The second-order valence-electron chi connectivity index (χ2n) is 7.64. The van der Waals surface area contributed by atoms with Crippen molar-refractivity contribution >= 4 is 26.9 Å². The molecule has 0 spiro atoms. The first kappa shape index (κ1) is 21.1. The average molecular weight is 461 g/mol. The number of nitrogen functional groups attached to an aromatic ring is 1. The van der Waals surface area contributed by atoms with Gasteiger partial charge in [0.1, 0.15) is 16.4 Å². The zero-order valence-electron chi connectivity index (χ0n) is 17.5. The van der Waals surface area contributed by atoms with E-state index in [-0.39, 0.29) is 23.8 Å². The van der Waals surface area contributed by atoms with Gasteiger partial charge >= 0.3 is 0 Å². The molecule has 1 aromatic carbocycles. The number of ether oxygens (including phenoxy) is 1. The van der Waals surface area contributed by atoms with Crippen LogP contribution in [-0.2, 0) is 14.8 Å². The van der Waals surface area contributed by atoms with E-state index in [0.29, 0.717) is 35.6 Å². The van der Waals surface area contributed by atoms with Crippen molar-refractivity contribution < 1.29 is 13.2 Å². The maximum Gasteiger partial charge on any atom is 0.246 e. The molecule has 4 heterocycles. The fourth-order valence-corrected chi connectivity index (χ4v) is 5.40. The quantitative estimate of drug-likeness (QED) is 0.477.